The van der Waals surface area contributed by atoms with Crippen LogP contribution in [0, 0.1) is 0 Å². The van der Waals surface area contributed by atoms with Crippen molar-refractivity contribution >= 4 is 11.9 Å². The molecule has 66 valence electrons. The molecule has 0 atom stereocenters. The largest absolute Gasteiger partial charge is 0.387 e. The van der Waals surface area contributed by atoms with Gasteiger partial charge in [-0.05, 0) is 0 Å². The zero-order valence-electron chi connectivity index (χ0n) is 6.34. The highest BCUT2D eigenvalue weighted by Gasteiger charge is 2.14. The average molecular weight is 180 g/mol. The van der Waals surface area contributed by atoms with Gasteiger partial charge in [-0.25, -0.2) is 14.6 Å². The molecule has 0 unspecified atom stereocenters. The van der Waals surface area contributed by atoms with Crippen molar-refractivity contribution in [3.8, 4) is 6.01 Å². The highest BCUT2D eigenvalue weighted by atomic mass is 16.7. The Hall–Kier alpha value is -2.11. The number of aromatic nitrogens is 2. The number of carbonyl (C=O) groups excluding carboxylic acids is 2. The van der Waals surface area contributed by atoms with Crippen LogP contribution in [0.25, 0.3) is 0 Å². The van der Waals surface area contributed by atoms with Gasteiger partial charge in [0.05, 0.1) is 12.4 Å². The van der Waals surface area contributed by atoms with Crippen molar-refractivity contribution in [3.05, 3.63) is 24.5 Å². The second kappa shape index (κ2) is 2.74. The van der Waals surface area contributed by atoms with Crippen LogP contribution in [0.4, 0.5) is 0 Å². The van der Waals surface area contributed by atoms with E-state index in [1.807, 2.05) is 0 Å². The van der Waals surface area contributed by atoms with Crippen LogP contribution in [0.2, 0.25) is 0 Å². The molecule has 2 rings (SSSR count). The summed E-state index contributed by atoms with van der Waals surface area (Å²) in [5, 5.41) is 0. The predicted molar refractivity (Wildman–Crippen MR) is 38.6 cm³/mol. The van der Waals surface area contributed by atoms with Crippen molar-refractivity contribution < 1.29 is 19.2 Å². The Balaban J connectivity index is 2.40. The number of hydrogen-bond donors (Lipinski definition) is 0. The molecule has 2 heterocycles. The topological polar surface area (TPSA) is 70.4 Å². The van der Waals surface area contributed by atoms with E-state index in [0.717, 1.165) is 16.9 Å². The first-order valence-corrected chi connectivity index (χ1v) is 3.41. The SMILES string of the molecule is O=C1/C=C/C(=O)On2ccnc2O1. The first-order valence-electron chi connectivity index (χ1n) is 3.41. The lowest BCUT2D eigenvalue weighted by Crippen LogP contribution is -2.22. The van der Waals surface area contributed by atoms with Crippen LogP contribution in [0.3, 0.4) is 0 Å². The van der Waals surface area contributed by atoms with E-state index in [1.165, 1.54) is 12.4 Å². The van der Waals surface area contributed by atoms with Gasteiger partial charge in [0.25, 0.3) is 0 Å². The van der Waals surface area contributed by atoms with Gasteiger partial charge < -0.3 is 9.57 Å². The zero-order valence-corrected chi connectivity index (χ0v) is 6.34. The van der Waals surface area contributed by atoms with Crippen molar-refractivity contribution in [3.63, 3.8) is 0 Å². The smallest absolute Gasteiger partial charge is 0.356 e. The van der Waals surface area contributed by atoms with Crippen molar-refractivity contribution in [1.29, 1.82) is 0 Å². The molecule has 0 bridgehead atoms. The highest BCUT2D eigenvalue weighted by molar-refractivity contribution is 5.93. The second-order valence-electron chi connectivity index (χ2n) is 2.20. The molecule has 1 aromatic heterocycles. The predicted octanol–water partition coefficient (Wildman–Crippen LogP) is -0.687. The molecule has 13 heavy (non-hydrogen) atoms. The summed E-state index contributed by atoms with van der Waals surface area (Å²) in [5.74, 6) is -1.32. The molecular weight excluding hydrogens is 176 g/mol. The lowest BCUT2D eigenvalue weighted by atomic mass is 10.5. The summed E-state index contributed by atoms with van der Waals surface area (Å²) in [5.41, 5.74) is 0. The maximum Gasteiger partial charge on any atom is 0.356 e. The Morgan fingerprint density at radius 3 is 2.85 bits per heavy atom. The normalized spacial score (nSPS) is 17.8. The van der Waals surface area contributed by atoms with Gasteiger partial charge in [0.1, 0.15) is 0 Å². The third-order valence-electron chi connectivity index (χ3n) is 1.31. The van der Waals surface area contributed by atoms with E-state index in [1.54, 1.807) is 0 Å². The first kappa shape index (κ1) is 7.53. The Kier molecular flexibility index (Phi) is 1.59. The number of esters is 1. The monoisotopic (exact) mass is 180 g/mol. The quantitative estimate of drug-likeness (QED) is 0.494. The van der Waals surface area contributed by atoms with Gasteiger partial charge >= 0.3 is 17.9 Å². The lowest BCUT2D eigenvalue weighted by Gasteiger charge is -2.06. The molecule has 1 aliphatic heterocycles. The van der Waals surface area contributed by atoms with Crippen molar-refractivity contribution in [2.24, 2.45) is 0 Å². The van der Waals surface area contributed by atoms with E-state index in [-0.39, 0.29) is 6.01 Å². The summed E-state index contributed by atoms with van der Waals surface area (Å²) >= 11 is 0. The lowest BCUT2D eigenvalue weighted by molar-refractivity contribution is -0.142. The number of fused-ring (bicyclic) bond motifs is 1. The van der Waals surface area contributed by atoms with E-state index >= 15 is 0 Å². The van der Waals surface area contributed by atoms with Crippen LogP contribution in [0.15, 0.2) is 24.5 Å². The fourth-order valence-electron chi connectivity index (χ4n) is 0.807. The van der Waals surface area contributed by atoms with Crippen LogP contribution >= 0.6 is 0 Å². The Morgan fingerprint density at radius 2 is 2.00 bits per heavy atom. The van der Waals surface area contributed by atoms with E-state index in [0.29, 0.717) is 0 Å². The minimum atomic E-state index is -0.663. The molecule has 0 radical (unpaired) electrons. The van der Waals surface area contributed by atoms with Crippen LogP contribution in [0.1, 0.15) is 0 Å². The number of imidazole rings is 1. The maximum atomic E-state index is 10.9. The molecule has 0 N–H and O–H groups in total. The van der Waals surface area contributed by atoms with E-state index in [9.17, 15) is 9.59 Å². The first-order chi connectivity index (χ1) is 6.25. The van der Waals surface area contributed by atoms with Gasteiger partial charge in [0.2, 0.25) is 0 Å². The molecule has 1 aromatic rings. The summed E-state index contributed by atoms with van der Waals surface area (Å²) in [7, 11) is 0. The van der Waals surface area contributed by atoms with Gasteiger partial charge in [-0.3, -0.25) is 0 Å². The summed E-state index contributed by atoms with van der Waals surface area (Å²) in [6, 6.07) is -0.0669. The number of carbonyl (C=O) groups is 2. The van der Waals surface area contributed by atoms with Gasteiger partial charge in [0, 0.05) is 12.2 Å². The molecule has 6 heteroatoms. The number of rotatable bonds is 0. The molecule has 0 aromatic carbocycles. The summed E-state index contributed by atoms with van der Waals surface area (Å²) in [6.45, 7) is 0. The van der Waals surface area contributed by atoms with Gasteiger partial charge in [-0.1, -0.05) is 0 Å². The van der Waals surface area contributed by atoms with Crippen molar-refractivity contribution in [1.82, 2.24) is 9.71 Å². The Morgan fingerprint density at radius 1 is 1.23 bits per heavy atom. The van der Waals surface area contributed by atoms with Gasteiger partial charge in [0.15, 0.2) is 0 Å². The molecule has 0 amide bonds. The standard InChI is InChI=1S/C7H4N2O4/c10-5-1-2-6(11)13-9-4-3-8-7(9)12-5/h1-4H/b2-1+. The number of ether oxygens (including phenoxy) is 1. The minimum Gasteiger partial charge on any atom is -0.387 e. The second-order valence-corrected chi connectivity index (χ2v) is 2.20. The van der Waals surface area contributed by atoms with Crippen LogP contribution < -0.4 is 9.57 Å². The maximum absolute atomic E-state index is 10.9. The molecule has 0 aliphatic carbocycles. The third kappa shape index (κ3) is 1.41. The minimum absolute atomic E-state index is 0.0669. The third-order valence-corrected chi connectivity index (χ3v) is 1.31. The number of nitrogens with zero attached hydrogens (tertiary/aromatic N) is 2. The summed E-state index contributed by atoms with van der Waals surface area (Å²) < 4.78 is 5.65. The van der Waals surface area contributed by atoms with Gasteiger partial charge in [-0.2, -0.15) is 0 Å². The summed E-state index contributed by atoms with van der Waals surface area (Å²) in [6.07, 6.45) is 4.66. The fourth-order valence-corrected chi connectivity index (χ4v) is 0.807. The van der Waals surface area contributed by atoms with Gasteiger partial charge in [-0.15, -0.1) is 4.73 Å². The van der Waals surface area contributed by atoms with E-state index in [4.69, 9.17) is 0 Å². The van der Waals surface area contributed by atoms with E-state index < -0.39 is 11.9 Å². The molecule has 0 saturated carbocycles. The number of hydrogen-bond acceptors (Lipinski definition) is 5. The molecule has 6 nitrogen and oxygen atoms in total. The van der Waals surface area contributed by atoms with E-state index in [2.05, 4.69) is 14.6 Å². The van der Waals surface area contributed by atoms with Crippen molar-refractivity contribution in [2.75, 3.05) is 0 Å². The Labute approximate surface area is 72.3 Å². The Bertz CT molecular complexity index is 358. The highest BCUT2D eigenvalue weighted by Crippen LogP contribution is 2.07. The molecular formula is C7H4N2O4. The molecule has 0 saturated heterocycles. The van der Waals surface area contributed by atoms with Crippen LogP contribution in [-0.4, -0.2) is 21.7 Å². The molecule has 1 aliphatic rings. The van der Waals surface area contributed by atoms with Crippen molar-refractivity contribution in [2.45, 2.75) is 0 Å². The molecule has 0 spiro atoms. The van der Waals surface area contributed by atoms with Crippen LogP contribution in [0.5, 0.6) is 6.01 Å². The fraction of sp³-hybridized carbons (Fsp3) is 0. The average Bonchev–Trinajstić information content (AvgIpc) is 2.47. The molecule has 0 fully saturated rings. The summed E-state index contributed by atoms with van der Waals surface area (Å²) in [4.78, 5) is 30.1. The van der Waals surface area contributed by atoms with Crippen LogP contribution in [-0.2, 0) is 9.59 Å². The zero-order chi connectivity index (χ0) is 9.26.